The van der Waals surface area contributed by atoms with E-state index in [0.717, 1.165) is 17.8 Å². The maximum Gasteiger partial charge on any atom is 1.00 e. The van der Waals surface area contributed by atoms with Crippen LogP contribution in [-0.4, -0.2) is 67.2 Å². The maximum atomic E-state index is 11.7. The van der Waals surface area contributed by atoms with E-state index in [9.17, 15) is 25.9 Å². The maximum absolute atomic E-state index is 11.7. The first-order chi connectivity index (χ1) is 20.0. The largest absolute Gasteiger partial charge is 1.00 e. The van der Waals surface area contributed by atoms with Crippen LogP contribution in [0.1, 0.15) is 11.1 Å². The minimum atomic E-state index is -5.05. The van der Waals surface area contributed by atoms with Crippen molar-refractivity contribution in [2.24, 2.45) is 0 Å². The van der Waals surface area contributed by atoms with Crippen molar-refractivity contribution in [1.29, 1.82) is 0 Å². The van der Waals surface area contributed by atoms with Crippen LogP contribution in [0.2, 0.25) is 0 Å². The molecule has 0 amide bonds. The summed E-state index contributed by atoms with van der Waals surface area (Å²) in [5, 5.41) is 6.36. The standard InChI is InChI=1S/C27H26N6O7S2.2Na/c34-41(35,36)23-13-10-20(24(18-23)42(37,38)39)9-6-19-7-11-22(12-8-19)29-26-30-25(28-21-4-2-1-3-5-21)31-27(32-26)33-14-16-40-17-15-33;;/h1-13,18H,14-17H2,(H,34,35,36)(H,37,38,39)(H2,28,29,30,31,32);;/q;2*+1/p-2. The fraction of sp³-hybridized carbons (Fsp3) is 0.148. The Morgan fingerprint density at radius 1 is 0.727 bits per heavy atom. The third-order valence-corrected chi connectivity index (χ3v) is 7.84. The number of benzene rings is 3. The molecule has 0 bridgehead atoms. The van der Waals surface area contributed by atoms with Gasteiger partial charge in [0.2, 0.25) is 17.8 Å². The SMILES string of the molecule is O=S(=O)([O-])c1ccc(C=Cc2ccc(Nc3nc(Nc4ccccc4)nc(N4CCOCC4)n3)cc2)c(S(=O)(=O)[O-])c1.[Na+].[Na+]. The Labute approximate surface area is 299 Å². The van der Waals surface area contributed by atoms with Gasteiger partial charge in [0.15, 0.2) is 0 Å². The van der Waals surface area contributed by atoms with Gasteiger partial charge in [-0.3, -0.25) is 0 Å². The molecule has 0 radical (unpaired) electrons. The van der Waals surface area contributed by atoms with Crippen molar-refractivity contribution < 1.29 is 89.8 Å². The Kier molecular flexibility index (Phi) is 12.9. The number of morpholine rings is 1. The first kappa shape index (κ1) is 36.1. The van der Waals surface area contributed by atoms with Crippen LogP contribution in [0.4, 0.5) is 29.2 Å². The van der Waals surface area contributed by atoms with E-state index >= 15 is 0 Å². The summed E-state index contributed by atoms with van der Waals surface area (Å²) in [6, 6.07) is 19.1. The predicted molar refractivity (Wildman–Crippen MR) is 154 cm³/mol. The van der Waals surface area contributed by atoms with Crippen LogP contribution >= 0.6 is 0 Å². The van der Waals surface area contributed by atoms with Crippen molar-refractivity contribution in [3.05, 3.63) is 83.9 Å². The molecule has 1 aliphatic rings. The van der Waals surface area contributed by atoms with Gasteiger partial charge >= 0.3 is 59.1 Å². The smallest absolute Gasteiger partial charge is 0.744 e. The molecule has 1 aromatic heterocycles. The third kappa shape index (κ3) is 9.79. The van der Waals surface area contributed by atoms with Gasteiger partial charge in [0.05, 0.1) is 23.0 Å². The number of hydrogen-bond acceptors (Lipinski definition) is 13. The van der Waals surface area contributed by atoms with Crippen molar-refractivity contribution in [3.63, 3.8) is 0 Å². The molecule has 13 nitrogen and oxygen atoms in total. The normalized spacial score (nSPS) is 13.5. The molecule has 3 aromatic carbocycles. The number of hydrogen-bond donors (Lipinski definition) is 2. The Bertz CT molecular complexity index is 1820. The van der Waals surface area contributed by atoms with Crippen LogP contribution in [0.15, 0.2) is 82.6 Å². The second-order valence-corrected chi connectivity index (χ2v) is 11.8. The second kappa shape index (κ2) is 15.7. The molecule has 0 atom stereocenters. The quantitative estimate of drug-likeness (QED) is 0.107. The van der Waals surface area contributed by atoms with Gasteiger partial charge in [-0.25, -0.2) is 16.8 Å². The van der Waals surface area contributed by atoms with Gasteiger partial charge < -0.3 is 29.4 Å². The van der Waals surface area contributed by atoms with E-state index in [0.29, 0.717) is 61.5 Å². The van der Waals surface area contributed by atoms with Gasteiger partial charge in [-0.15, -0.1) is 0 Å². The zero-order chi connectivity index (χ0) is 29.7. The molecule has 1 aliphatic heterocycles. The van der Waals surface area contributed by atoms with E-state index in [1.165, 1.54) is 6.08 Å². The van der Waals surface area contributed by atoms with E-state index < -0.39 is 30.0 Å². The Hall–Kier alpha value is -2.41. The minimum Gasteiger partial charge on any atom is -0.744 e. The van der Waals surface area contributed by atoms with E-state index in [1.807, 2.05) is 35.2 Å². The molecule has 2 N–H and O–H groups in total. The summed E-state index contributed by atoms with van der Waals surface area (Å²) < 4.78 is 74.3. The van der Waals surface area contributed by atoms with Crippen molar-refractivity contribution in [2.75, 3.05) is 41.8 Å². The van der Waals surface area contributed by atoms with Gasteiger partial charge in [0.25, 0.3) is 0 Å². The van der Waals surface area contributed by atoms with E-state index in [2.05, 4.69) is 25.6 Å². The summed E-state index contributed by atoms with van der Waals surface area (Å²) in [4.78, 5) is 14.1. The molecule has 1 fully saturated rings. The third-order valence-electron chi connectivity index (χ3n) is 6.11. The first-order valence-corrected chi connectivity index (χ1v) is 15.4. The van der Waals surface area contributed by atoms with Crippen LogP contribution < -0.4 is 74.6 Å². The zero-order valence-corrected chi connectivity index (χ0v) is 29.5. The molecule has 5 rings (SSSR count). The van der Waals surface area contributed by atoms with Gasteiger partial charge in [0.1, 0.15) is 20.2 Å². The fourth-order valence-electron chi connectivity index (χ4n) is 4.05. The zero-order valence-electron chi connectivity index (χ0n) is 23.9. The molecule has 0 unspecified atom stereocenters. The Morgan fingerprint density at radius 2 is 1.32 bits per heavy atom. The number of nitrogens with one attached hydrogen (secondary N) is 2. The van der Waals surface area contributed by atoms with Gasteiger partial charge in [-0.1, -0.05) is 48.6 Å². The van der Waals surface area contributed by atoms with Crippen LogP contribution in [0.3, 0.4) is 0 Å². The molecule has 0 aliphatic carbocycles. The number of para-hydroxylation sites is 1. The van der Waals surface area contributed by atoms with Crippen molar-refractivity contribution in [2.45, 2.75) is 9.79 Å². The monoisotopic (exact) mass is 654 g/mol. The van der Waals surface area contributed by atoms with Crippen LogP contribution in [0.25, 0.3) is 12.2 Å². The molecule has 218 valence electrons. The summed E-state index contributed by atoms with van der Waals surface area (Å²) in [5.41, 5.74) is 2.06. The Balaban J connectivity index is 0.00000264. The number of ether oxygens (including phenoxy) is 1. The van der Waals surface area contributed by atoms with Crippen LogP contribution in [0, 0.1) is 0 Å². The first-order valence-electron chi connectivity index (χ1n) is 12.6. The van der Waals surface area contributed by atoms with E-state index in [-0.39, 0.29) is 64.7 Å². The van der Waals surface area contributed by atoms with Crippen molar-refractivity contribution in [3.8, 4) is 0 Å². The molecule has 17 heteroatoms. The summed E-state index contributed by atoms with van der Waals surface area (Å²) in [7, 11) is -9.99. The molecular weight excluding hydrogens is 630 g/mol. The number of rotatable bonds is 9. The molecule has 0 saturated carbocycles. The average Bonchev–Trinajstić information content (AvgIpc) is 2.97. The molecule has 1 saturated heterocycles. The van der Waals surface area contributed by atoms with Crippen molar-refractivity contribution >= 4 is 61.6 Å². The van der Waals surface area contributed by atoms with E-state index in [1.54, 1.807) is 30.3 Å². The van der Waals surface area contributed by atoms with Gasteiger partial charge in [0, 0.05) is 24.5 Å². The second-order valence-electron chi connectivity index (χ2n) is 9.06. The van der Waals surface area contributed by atoms with Gasteiger partial charge in [-0.2, -0.15) is 15.0 Å². The van der Waals surface area contributed by atoms with Crippen LogP contribution in [0.5, 0.6) is 0 Å². The summed E-state index contributed by atoms with van der Waals surface area (Å²) in [6.45, 7) is 2.41. The average molecular weight is 655 g/mol. The Morgan fingerprint density at radius 3 is 1.89 bits per heavy atom. The predicted octanol–water partition coefficient (Wildman–Crippen LogP) is -2.82. The molecule has 4 aromatic rings. The molecule has 0 spiro atoms. The number of aromatic nitrogens is 3. The summed E-state index contributed by atoms with van der Waals surface area (Å²) in [6.07, 6.45) is 2.89. The minimum absolute atomic E-state index is 0. The fourth-order valence-corrected chi connectivity index (χ4v) is 5.32. The van der Waals surface area contributed by atoms with E-state index in [4.69, 9.17) is 4.74 Å². The van der Waals surface area contributed by atoms with Gasteiger partial charge in [-0.05, 0) is 47.5 Å². The number of anilines is 5. The summed E-state index contributed by atoms with van der Waals surface area (Å²) >= 11 is 0. The molecule has 44 heavy (non-hydrogen) atoms. The number of nitrogens with zero attached hydrogens (tertiary/aromatic N) is 4. The molecular formula is C27H24N6Na2O7S2. The van der Waals surface area contributed by atoms with Crippen molar-refractivity contribution in [1.82, 2.24) is 15.0 Å². The topological polar surface area (TPSA) is 190 Å². The molecule has 2 heterocycles. The summed E-state index contributed by atoms with van der Waals surface area (Å²) in [5.74, 6) is 1.17. The van der Waals surface area contributed by atoms with Crippen LogP contribution in [-0.2, 0) is 25.0 Å².